The third-order valence-electron chi connectivity index (χ3n) is 5.69. The summed E-state index contributed by atoms with van der Waals surface area (Å²) in [7, 11) is 0. The Morgan fingerprint density at radius 2 is 1.85 bits per heavy atom. The zero-order chi connectivity index (χ0) is 23.9. The number of carbonyl (C=O) groups is 1. The van der Waals surface area contributed by atoms with Gasteiger partial charge in [0, 0.05) is 24.8 Å². The molecule has 0 spiro atoms. The number of alkyl halides is 3. The van der Waals surface area contributed by atoms with Crippen molar-refractivity contribution >= 4 is 23.3 Å². The number of carbonyl (C=O) groups excluding carboxylic acids is 1. The third-order valence-corrected chi connectivity index (χ3v) is 5.69. The van der Waals surface area contributed by atoms with Crippen LogP contribution in [0.5, 0.6) is 0 Å². The van der Waals surface area contributed by atoms with E-state index in [2.05, 4.69) is 30.3 Å². The van der Waals surface area contributed by atoms with Gasteiger partial charge >= 0.3 is 6.18 Å². The Balaban J connectivity index is 1.50. The molecule has 8 nitrogen and oxygen atoms in total. The van der Waals surface area contributed by atoms with Gasteiger partial charge in [0.2, 0.25) is 5.95 Å². The van der Waals surface area contributed by atoms with Gasteiger partial charge in [-0.3, -0.25) is 10.1 Å². The molecule has 0 atom stereocenters. The van der Waals surface area contributed by atoms with Gasteiger partial charge in [-0.15, -0.1) is 0 Å². The lowest BCUT2D eigenvalue weighted by Gasteiger charge is -2.16. The first-order valence-corrected chi connectivity index (χ1v) is 10.7. The van der Waals surface area contributed by atoms with Gasteiger partial charge in [0.05, 0.1) is 17.5 Å². The fourth-order valence-corrected chi connectivity index (χ4v) is 4.06. The molecule has 0 bridgehead atoms. The lowest BCUT2D eigenvalue weighted by atomic mass is 10.0. The highest BCUT2D eigenvalue weighted by molar-refractivity contribution is 6.02. The molecule has 0 unspecified atom stereocenters. The van der Waals surface area contributed by atoms with E-state index in [1.54, 1.807) is 19.2 Å². The molecule has 5 rings (SSSR count). The summed E-state index contributed by atoms with van der Waals surface area (Å²) in [6.07, 6.45) is 0.512. The van der Waals surface area contributed by atoms with Crippen LogP contribution in [0.4, 0.5) is 24.9 Å². The Bertz CT molecular complexity index is 1380. The summed E-state index contributed by atoms with van der Waals surface area (Å²) in [5.41, 5.74) is 0.191. The molecule has 0 saturated carbocycles. The quantitative estimate of drug-likeness (QED) is 0.480. The standard InChI is InChI=1S/C23H20F3N7O/c1-14-12-17(15-6-2-3-7-16(15)23(24,25)26)31-33-18(13-28-20(14)33)21(34)30-22-27-9-8-19(29-22)32-10-4-5-11-32/h2-3,6-9,12-13H,4-5,10-11H2,1H3,(H,27,29,30,34). The van der Waals surface area contributed by atoms with Gasteiger partial charge in [-0.25, -0.2) is 14.5 Å². The van der Waals surface area contributed by atoms with Gasteiger partial charge in [0.15, 0.2) is 11.3 Å². The normalized spacial score (nSPS) is 14.1. The minimum absolute atomic E-state index is 0.0552. The van der Waals surface area contributed by atoms with E-state index in [-0.39, 0.29) is 22.9 Å². The summed E-state index contributed by atoms with van der Waals surface area (Å²) in [6.45, 7) is 3.49. The molecule has 0 aliphatic carbocycles. The molecule has 1 saturated heterocycles. The number of amides is 1. The summed E-state index contributed by atoms with van der Waals surface area (Å²) in [4.78, 5) is 27.9. The zero-order valence-corrected chi connectivity index (χ0v) is 18.2. The lowest BCUT2D eigenvalue weighted by Crippen LogP contribution is -2.21. The van der Waals surface area contributed by atoms with E-state index in [1.165, 1.54) is 35.0 Å². The van der Waals surface area contributed by atoms with Gasteiger partial charge in [-0.2, -0.15) is 23.3 Å². The van der Waals surface area contributed by atoms with Crippen LogP contribution in [0.3, 0.4) is 0 Å². The second kappa shape index (κ2) is 8.40. The Labute approximate surface area is 192 Å². The second-order valence-electron chi connectivity index (χ2n) is 8.02. The van der Waals surface area contributed by atoms with Crippen LogP contribution in [0.2, 0.25) is 0 Å². The number of aromatic nitrogens is 5. The maximum Gasteiger partial charge on any atom is 0.417 e. The summed E-state index contributed by atoms with van der Waals surface area (Å²) in [6, 6.07) is 8.50. The van der Waals surface area contributed by atoms with Gasteiger partial charge in [-0.1, -0.05) is 18.2 Å². The van der Waals surface area contributed by atoms with Crippen LogP contribution >= 0.6 is 0 Å². The van der Waals surface area contributed by atoms with Crippen molar-refractivity contribution < 1.29 is 18.0 Å². The highest BCUT2D eigenvalue weighted by Gasteiger charge is 2.34. The molecule has 1 amide bonds. The highest BCUT2D eigenvalue weighted by Crippen LogP contribution is 2.36. The summed E-state index contributed by atoms with van der Waals surface area (Å²) >= 11 is 0. The van der Waals surface area contributed by atoms with E-state index in [0.29, 0.717) is 11.2 Å². The van der Waals surface area contributed by atoms with Crippen molar-refractivity contribution in [3.05, 3.63) is 65.6 Å². The smallest absolute Gasteiger partial charge is 0.356 e. The number of aryl methyl sites for hydroxylation is 1. The van der Waals surface area contributed by atoms with Gasteiger partial charge in [-0.05, 0) is 43.5 Å². The molecule has 1 aliphatic rings. The highest BCUT2D eigenvalue weighted by atomic mass is 19.4. The van der Waals surface area contributed by atoms with Crippen LogP contribution in [-0.4, -0.2) is 43.6 Å². The molecular formula is C23H20F3N7O. The van der Waals surface area contributed by atoms with Crippen molar-refractivity contribution in [3.63, 3.8) is 0 Å². The number of halogens is 3. The topological polar surface area (TPSA) is 88.3 Å². The summed E-state index contributed by atoms with van der Waals surface area (Å²) in [5, 5.41) is 6.97. The van der Waals surface area contributed by atoms with Crippen molar-refractivity contribution in [1.82, 2.24) is 24.6 Å². The first-order chi connectivity index (χ1) is 16.3. The predicted octanol–water partition coefficient (Wildman–Crippen LogP) is 4.37. The number of nitrogens with zero attached hydrogens (tertiary/aromatic N) is 6. The Kier molecular flexibility index (Phi) is 5.39. The molecule has 1 fully saturated rings. The minimum atomic E-state index is -4.55. The maximum absolute atomic E-state index is 13.6. The molecule has 174 valence electrons. The summed E-state index contributed by atoms with van der Waals surface area (Å²) in [5.74, 6) is 0.278. The van der Waals surface area contributed by atoms with Gasteiger partial charge in [0.25, 0.3) is 5.91 Å². The molecule has 0 radical (unpaired) electrons. The first-order valence-electron chi connectivity index (χ1n) is 10.7. The number of rotatable bonds is 4. The Morgan fingerprint density at radius 1 is 1.09 bits per heavy atom. The van der Waals surface area contributed by atoms with Crippen LogP contribution in [0, 0.1) is 6.92 Å². The van der Waals surface area contributed by atoms with E-state index in [0.717, 1.165) is 37.8 Å². The van der Waals surface area contributed by atoms with Crippen LogP contribution in [-0.2, 0) is 6.18 Å². The number of imidazole rings is 1. The van der Waals surface area contributed by atoms with Crippen LogP contribution < -0.4 is 10.2 Å². The molecule has 34 heavy (non-hydrogen) atoms. The Morgan fingerprint density at radius 3 is 2.62 bits per heavy atom. The minimum Gasteiger partial charge on any atom is -0.356 e. The van der Waals surface area contributed by atoms with Crippen molar-refractivity contribution in [3.8, 4) is 11.3 Å². The van der Waals surface area contributed by atoms with Crippen molar-refractivity contribution in [2.45, 2.75) is 25.9 Å². The molecule has 1 aliphatic heterocycles. The van der Waals surface area contributed by atoms with Crippen molar-refractivity contribution in [2.24, 2.45) is 0 Å². The van der Waals surface area contributed by atoms with E-state index in [9.17, 15) is 18.0 Å². The van der Waals surface area contributed by atoms with E-state index >= 15 is 0 Å². The number of hydrogen-bond donors (Lipinski definition) is 1. The summed E-state index contributed by atoms with van der Waals surface area (Å²) < 4.78 is 41.9. The van der Waals surface area contributed by atoms with E-state index < -0.39 is 17.6 Å². The van der Waals surface area contributed by atoms with E-state index in [1.807, 2.05) is 0 Å². The molecule has 1 N–H and O–H groups in total. The molecule has 4 heterocycles. The SMILES string of the molecule is Cc1cc(-c2ccccc2C(F)(F)F)nn2c(C(=O)Nc3nccc(N4CCCC4)n3)cnc12. The average molecular weight is 467 g/mol. The number of nitrogens with one attached hydrogen (secondary N) is 1. The monoisotopic (exact) mass is 467 g/mol. The van der Waals surface area contributed by atoms with Crippen LogP contribution in [0.15, 0.2) is 48.8 Å². The third kappa shape index (κ3) is 4.04. The molecule has 11 heteroatoms. The van der Waals surface area contributed by atoms with Crippen LogP contribution in [0.1, 0.15) is 34.5 Å². The fraction of sp³-hybridized carbons (Fsp3) is 0.261. The number of hydrogen-bond acceptors (Lipinski definition) is 6. The molecular weight excluding hydrogens is 447 g/mol. The number of benzene rings is 1. The van der Waals surface area contributed by atoms with Gasteiger partial charge in [0.1, 0.15) is 5.82 Å². The van der Waals surface area contributed by atoms with Crippen LogP contribution in [0.25, 0.3) is 16.9 Å². The lowest BCUT2D eigenvalue weighted by molar-refractivity contribution is -0.137. The first kappa shape index (κ1) is 21.8. The molecule has 3 aromatic heterocycles. The second-order valence-corrected chi connectivity index (χ2v) is 8.02. The Hall–Kier alpha value is -4.02. The predicted molar refractivity (Wildman–Crippen MR) is 120 cm³/mol. The maximum atomic E-state index is 13.6. The van der Waals surface area contributed by atoms with Gasteiger partial charge < -0.3 is 4.90 Å². The molecule has 1 aromatic carbocycles. The van der Waals surface area contributed by atoms with Crippen molar-refractivity contribution in [1.29, 1.82) is 0 Å². The zero-order valence-electron chi connectivity index (χ0n) is 18.2. The molecule has 4 aromatic rings. The largest absolute Gasteiger partial charge is 0.417 e. The van der Waals surface area contributed by atoms with E-state index in [4.69, 9.17) is 0 Å². The average Bonchev–Trinajstić information content (AvgIpc) is 3.49. The fourth-order valence-electron chi connectivity index (χ4n) is 4.06. The number of fused-ring (bicyclic) bond motifs is 1. The van der Waals surface area contributed by atoms with Crippen molar-refractivity contribution in [2.75, 3.05) is 23.3 Å². The number of anilines is 2.